The summed E-state index contributed by atoms with van der Waals surface area (Å²) in [6.07, 6.45) is 0.254. The van der Waals surface area contributed by atoms with E-state index >= 15 is 0 Å². The summed E-state index contributed by atoms with van der Waals surface area (Å²) < 4.78 is 65.1. The topological polar surface area (TPSA) is 157 Å². The van der Waals surface area contributed by atoms with Crippen molar-refractivity contribution in [3.8, 4) is 11.1 Å². The van der Waals surface area contributed by atoms with E-state index in [4.69, 9.17) is 56.8 Å². The third-order valence-electron chi connectivity index (χ3n) is 7.77. The number of carbonyl (C=O) groups is 2. The fraction of sp³-hybridized carbons (Fsp3) is 0.641. The SMILES string of the molecule is O=CCOCCOCCOCCOCCOCCOCCOCCOCCOCCOCCOCCNC(=O)OCC1c2ccccc2-c2ccccc21. The van der Waals surface area contributed by atoms with Gasteiger partial charge in [-0.2, -0.15) is 0 Å². The van der Waals surface area contributed by atoms with Gasteiger partial charge >= 0.3 is 6.09 Å². The molecule has 304 valence electrons. The Kier molecular flexibility index (Phi) is 27.0. The van der Waals surface area contributed by atoms with Crippen LogP contribution in [0.2, 0.25) is 0 Å². The third kappa shape index (κ3) is 21.1. The summed E-state index contributed by atoms with van der Waals surface area (Å²) in [5.41, 5.74) is 4.76. The van der Waals surface area contributed by atoms with Gasteiger partial charge in [0.25, 0.3) is 0 Å². The van der Waals surface area contributed by atoms with Gasteiger partial charge in [0.2, 0.25) is 0 Å². The number of benzene rings is 2. The summed E-state index contributed by atoms with van der Waals surface area (Å²) in [4.78, 5) is 22.3. The second-order valence-corrected chi connectivity index (χ2v) is 11.6. The molecule has 0 aliphatic heterocycles. The lowest BCUT2D eigenvalue weighted by atomic mass is 9.98. The second-order valence-electron chi connectivity index (χ2n) is 11.6. The van der Waals surface area contributed by atoms with Crippen LogP contribution in [0.3, 0.4) is 0 Å². The Labute approximate surface area is 319 Å². The van der Waals surface area contributed by atoms with Gasteiger partial charge in [-0.25, -0.2) is 4.79 Å². The fourth-order valence-corrected chi connectivity index (χ4v) is 5.21. The van der Waals surface area contributed by atoms with E-state index in [9.17, 15) is 9.59 Å². The number of ether oxygens (including phenoxy) is 12. The van der Waals surface area contributed by atoms with E-state index in [1.807, 2.05) is 24.3 Å². The Bertz CT molecular complexity index is 1180. The molecule has 0 atom stereocenters. The van der Waals surface area contributed by atoms with Gasteiger partial charge in [-0.3, -0.25) is 0 Å². The fourth-order valence-electron chi connectivity index (χ4n) is 5.21. The number of fused-ring (bicyclic) bond motifs is 3. The predicted molar refractivity (Wildman–Crippen MR) is 198 cm³/mol. The normalized spacial score (nSPS) is 12.1. The minimum Gasteiger partial charge on any atom is -0.449 e. The van der Waals surface area contributed by atoms with Crippen molar-refractivity contribution >= 4 is 12.4 Å². The van der Waals surface area contributed by atoms with Crippen molar-refractivity contribution in [2.75, 3.05) is 159 Å². The van der Waals surface area contributed by atoms with Crippen LogP contribution in [0, 0.1) is 0 Å². The van der Waals surface area contributed by atoms with Crippen molar-refractivity contribution in [3.63, 3.8) is 0 Å². The van der Waals surface area contributed by atoms with Crippen LogP contribution >= 0.6 is 0 Å². The number of rotatable bonds is 37. The summed E-state index contributed by atoms with van der Waals surface area (Å²) >= 11 is 0. The number of amides is 1. The maximum Gasteiger partial charge on any atom is 0.407 e. The van der Waals surface area contributed by atoms with Crippen molar-refractivity contribution in [2.45, 2.75) is 5.92 Å². The molecule has 1 aliphatic rings. The third-order valence-corrected chi connectivity index (χ3v) is 7.77. The highest BCUT2D eigenvalue weighted by Gasteiger charge is 2.28. The zero-order valence-corrected chi connectivity index (χ0v) is 31.5. The van der Waals surface area contributed by atoms with Gasteiger partial charge in [0.05, 0.1) is 139 Å². The minimum atomic E-state index is -0.455. The largest absolute Gasteiger partial charge is 0.449 e. The molecule has 0 spiro atoms. The van der Waals surface area contributed by atoms with Gasteiger partial charge in [-0.15, -0.1) is 0 Å². The van der Waals surface area contributed by atoms with E-state index in [0.717, 1.165) is 0 Å². The Morgan fingerprint density at radius 3 is 1.13 bits per heavy atom. The van der Waals surface area contributed by atoms with Gasteiger partial charge in [0, 0.05) is 12.5 Å². The van der Waals surface area contributed by atoms with Gasteiger partial charge < -0.3 is 67.0 Å². The Balaban J connectivity index is 0.947. The maximum absolute atomic E-state index is 12.2. The Morgan fingerprint density at radius 1 is 0.463 bits per heavy atom. The van der Waals surface area contributed by atoms with Crippen LogP contribution in [0.1, 0.15) is 17.0 Å². The van der Waals surface area contributed by atoms with E-state index in [2.05, 4.69) is 29.6 Å². The van der Waals surface area contributed by atoms with Crippen molar-refractivity contribution in [3.05, 3.63) is 59.7 Å². The summed E-state index contributed by atoms with van der Waals surface area (Å²) in [6, 6.07) is 16.5. The highest BCUT2D eigenvalue weighted by atomic mass is 16.6. The molecule has 1 amide bonds. The van der Waals surface area contributed by atoms with Gasteiger partial charge in [-0.1, -0.05) is 48.5 Å². The molecule has 0 saturated heterocycles. The molecule has 3 rings (SSSR count). The van der Waals surface area contributed by atoms with E-state index in [1.165, 1.54) is 22.3 Å². The number of nitrogens with one attached hydrogen (secondary N) is 1. The predicted octanol–water partition coefficient (Wildman–Crippen LogP) is 2.91. The number of carbonyl (C=O) groups excluding carboxylic acids is 2. The van der Waals surface area contributed by atoms with Crippen LogP contribution in [-0.2, 0) is 61.6 Å². The first kappa shape index (κ1) is 45.3. The molecule has 15 nitrogen and oxygen atoms in total. The second kappa shape index (κ2) is 32.2. The Hall–Kier alpha value is -3.06. The molecule has 0 aromatic heterocycles. The highest BCUT2D eigenvalue weighted by molar-refractivity contribution is 5.79. The molecule has 0 saturated carbocycles. The molecule has 2 aromatic rings. The molecule has 0 unspecified atom stereocenters. The number of hydrogen-bond donors (Lipinski definition) is 1. The van der Waals surface area contributed by atoms with Crippen molar-refractivity contribution < 1.29 is 66.4 Å². The minimum absolute atomic E-state index is 0.0341. The molecule has 54 heavy (non-hydrogen) atoms. The molecule has 2 aromatic carbocycles. The lowest BCUT2D eigenvalue weighted by molar-refractivity contribution is -0.112. The van der Waals surface area contributed by atoms with Crippen LogP contribution in [0.5, 0.6) is 0 Å². The standard InChI is InChI=1S/C39H59NO14/c41-10-12-44-14-16-46-18-20-48-22-24-50-26-28-52-30-32-53-31-29-51-27-25-49-23-21-47-19-17-45-15-13-43-11-9-40-39(42)54-33-38-36-7-3-1-5-34(36)35-6-2-4-8-37(35)38/h1-8,10,38H,9,11-33H2,(H,40,42). The first-order valence-corrected chi connectivity index (χ1v) is 18.7. The summed E-state index contributed by atoms with van der Waals surface area (Å²) in [6.45, 7) is 10.5. The van der Waals surface area contributed by atoms with Crippen molar-refractivity contribution in [2.24, 2.45) is 0 Å². The summed E-state index contributed by atoms with van der Waals surface area (Å²) in [5.74, 6) is 0.0341. The zero-order valence-electron chi connectivity index (χ0n) is 31.5. The molecule has 0 heterocycles. The van der Waals surface area contributed by atoms with E-state index in [0.29, 0.717) is 152 Å². The lowest BCUT2D eigenvalue weighted by Crippen LogP contribution is -2.29. The molecule has 1 aliphatic carbocycles. The van der Waals surface area contributed by atoms with Crippen LogP contribution in [0.15, 0.2) is 48.5 Å². The van der Waals surface area contributed by atoms with E-state index in [-0.39, 0.29) is 19.1 Å². The van der Waals surface area contributed by atoms with Crippen LogP contribution in [-0.4, -0.2) is 171 Å². The lowest BCUT2D eigenvalue weighted by Gasteiger charge is -2.14. The molecule has 1 N–H and O–H groups in total. The number of alkyl carbamates (subject to hydrolysis) is 1. The molecule has 15 heteroatoms. The quantitative estimate of drug-likeness (QED) is 0.0791. The van der Waals surface area contributed by atoms with Crippen molar-refractivity contribution in [1.82, 2.24) is 5.32 Å². The average Bonchev–Trinajstić information content (AvgIpc) is 3.52. The number of aldehydes is 1. The Morgan fingerprint density at radius 2 is 0.778 bits per heavy atom. The van der Waals surface area contributed by atoms with E-state index in [1.54, 1.807) is 0 Å². The van der Waals surface area contributed by atoms with E-state index < -0.39 is 6.09 Å². The van der Waals surface area contributed by atoms with Crippen LogP contribution in [0.25, 0.3) is 11.1 Å². The van der Waals surface area contributed by atoms with Gasteiger partial charge in [0.15, 0.2) is 0 Å². The first-order valence-electron chi connectivity index (χ1n) is 18.7. The van der Waals surface area contributed by atoms with Gasteiger partial charge in [-0.05, 0) is 22.3 Å². The van der Waals surface area contributed by atoms with Gasteiger partial charge in [0.1, 0.15) is 19.5 Å². The monoisotopic (exact) mass is 765 g/mol. The zero-order chi connectivity index (χ0) is 38.0. The average molecular weight is 766 g/mol. The molecular formula is C39H59NO14. The number of hydrogen-bond acceptors (Lipinski definition) is 14. The van der Waals surface area contributed by atoms with Crippen LogP contribution < -0.4 is 5.32 Å². The van der Waals surface area contributed by atoms with Crippen LogP contribution in [0.4, 0.5) is 4.79 Å². The highest BCUT2D eigenvalue weighted by Crippen LogP contribution is 2.44. The van der Waals surface area contributed by atoms with Crippen molar-refractivity contribution in [1.29, 1.82) is 0 Å². The maximum atomic E-state index is 12.2. The molecule has 0 bridgehead atoms. The molecular weight excluding hydrogens is 706 g/mol. The summed E-state index contributed by atoms with van der Waals surface area (Å²) in [5, 5.41) is 2.74. The summed E-state index contributed by atoms with van der Waals surface area (Å²) in [7, 11) is 0. The first-order chi connectivity index (χ1) is 26.8. The molecule has 0 fully saturated rings. The molecule has 0 radical (unpaired) electrons. The smallest absolute Gasteiger partial charge is 0.407 e.